The number of amides is 2. The fraction of sp³-hybridized carbons (Fsp3) is 0.182. The highest BCUT2D eigenvalue weighted by atomic mass is 16.7. The molecule has 0 spiro atoms. The number of anilines is 1. The van der Waals surface area contributed by atoms with Gasteiger partial charge in [-0.15, -0.1) is 0 Å². The van der Waals surface area contributed by atoms with Crippen LogP contribution in [0.4, 0.5) is 11.4 Å². The van der Waals surface area contributed by atoms with Gasteiger partial charge in [-0.05, 0) is 41.1 Å². The molecule has 0 bridgehead atoms. The van der Waals surface area contributed by atoms with E-state index in [4.69, 9.17) is 14.2 Å². The molecule has 43 heavy (non-hydrogen) atoms. The van der Waals surface area contributed by atoms with Crippen LogP contribution in [0.3, 0.4) is 0 Å². The van der Waals surface area contributed by atoms with E-state index >= 15 is 0 Å². The Kier molecular flexibility index (Phi) is 5.27. The second-order valence-corrected chi connectivity index (χ2v) is 11.1. The minimum absolute atomic E-state index is 0.0716. The Morgan fingerprint density at radius 3 is 2.51 bits per heavy atom. The van der Waals surface area contributed by atoms with Crippen LogP contribution in [-0.4, -0.2) is 29.5 Å². The number of carbonyl (C=O) groups excluding carboxylic acids is 3. The number of rotatable bonds is 3. The summed E-state index contributed by atoms with van der Waals surface area (Å²) in [5, 5.41) is 13.2. The van der Waals surface area contributed by atoms with Crippen LogP contribution in [0.5, 0.6) is 17.2 Å². The van der Waals surface area contributed by atoms with Gasteiger partial charge in [-0.3, -0.25) is 24.5 Å². The van der Waals surface area contributed by atoms with Crippen LogP contribution in [0.1, 0.15) is 22.6 Å². The van der Waals surface area contributed by atoms with E-state index in [0.29, 0.717) is 39.5 Å². The van der Waals surface area contributed by atoms with E-state index in [9.17, 15) is 24.5 Å². The third-order valence-corrected chi connectivity index (χ3v) is 8.91. The molecular formula is C33H22N2O8. The highest BCUT2D eigenvalue weighted by Crippen LogP contribution is 2.56. The molecule has 4 aromatic carbocycles. The average Bonchev–Trinajstić information content (AvgIpc) is 3.58. The van der Waals surface area contributed by atoms with Crippen molar-refractivity contribution in [2.24, 2.45) is 17.8 Å². The molecule has 0 N–H and O–H groups in total. The first kappa shape index (κ1) is 25.2. The summed E-state index contributed by atoms with van der Waals surface area (Å²) in [5.74, 6) is -3.95. The van der Waals surface area contributed by atoms with Gasteiger partial charge >= 0.3 is 5.97 Å². The highest BCUT2D eigenvalue weighted by molar-refractivity contribution is 6.25. The van der Waals surface area contributed by atoms with Crippen molar-refractivity contribution in [1.29, 1.82) is 0 Å². The van der Waals surface area contributed by atoms with Gasteiger partial charge in [0, 0.05) is 29.0 Å². The molecule has 1 aliphatic carbocycles. The normalized spacial score (nSPS) is 23.4. The van der Waals surface area contributed by atoms with Crippen LogP contribution >= 0.6 is 0 Å². The maximum absolute atomic E-state index is 14.3. The summed E-state index contributed by atoms with van der Waals surface area (Å²) in [7, 11) is 0. The van der Waals surface area contributed by atoms with Gasteiger partial charge in [0.2, 0.25) is 18.6 Å². The molecule has 8 rings (SSSR count). The Labute approximate surface area is 244 Å². The summed E-state index contributed by atoms with van der Waals surface area (Å²) in [4.78, 5) is 54.5. The number of carbonyl (C=O) groups is 3. The lowest BCUT2D eigenvalue weighted by atomic mass is 9.64. The predicted octanol–water partition coefficient (Wildman–Crippen LogP) is 5.31. The summed E-state index contributed by atoms with van der Waals surface area (Å²) in [6.07, 6.45) is 1.90. The number of fused-ring (bicyclic) bond motifs is 8. The minimum Gasteiger partial charge on any atom is -0.454 e. The summed E-state index contributed by atoms with van der Waals surface area (Å²) < 4.78 is 17.0. The molecule has 1 fully saturated rings. The Hall–Kier alpha value is -5.51. The molecule has 4 atom stereocenters. The van der Waals surface area contributed by atoms with Crippen LogP contribution in [0.2, 0.25) is 0 Å². The zero-order chi connectivity index (χ0) is 29.6. The van der Waals surface area contributed by atoms with Crippen LogP contribution in [-0.2, 0) is 14.4 Å². The first-order chi connectivity index (χ1) is 20.8. The molecule has 0 aromatic heterocycles. The van der Waals surface area contributed by atoms with Crippen molar-refractivity contribution in [1.82, 2.24) is 0 Å². The summed E-state index contributed by atoms with van der Waals surface area (Å²) in [6.45, 7) is 1.75. The Morgan fingerprint density at radius 2 is 1.67 bits per heavy atom. The molecule has 0 radical (unpaired) electrons. The van der Waals surface area contributed by atoms with Crippen molar-refractivity contribution < 1.29 is 33.5 Å². The highest BCUT2D eigenvalue weighted by Gasteiger charge is 2.60. The van der Waals surface area contributed by atoms with Gasteiger partial charge in [0.15, 0.2) is 11.5 Å². The number of aryl methyl sites for hydroxylation is 1. The van der Waals surface area contributed by atoms with Crippen molar-refractivity contribution >= 4 is 45.5 Å². The number of hydrogen-bond donors (Lipinski definition) is 0. The van der Waals surface area contributed by atoms with Crippen LogP contribution < -0.4 is 19.1 Å². The Morgan fingerprint density at radius 1 is 0.884 bits per heavy atom. The summed E-state index contributed by atoms with van der Waals surface area (Å²) >= 11 is 0. The van der Waals surface area contributed by atoms with Gasteiger partial charge in [-0.25, -0.2) is 4.90 Å². The minimum atomic E-state index is -1.09. The smallest absolute Gasteiger partial charge is 0.319 e. The lowest BCUT2D eigenvalue weighted by Gasteiger charge is -2.38. The van der Waals surface area contributed by atoms with E-state index in [0.717, 1.165) is 15.7 Å². The Bertz CT molecular complexity index is 1980. The fourth-order valence-corrected chi connectivity index (χ4v) is 6.92. The monoisotopic (exact) mass is 574 g/mol. The number of esters is 1. The SMILES string of the molecule is Cc1ccc([N+](=O)[O-])cc1N1C(=O)[C@@H]2[C@@H]3C(=O)Oc4c(ccc5ccccc45)C3=C[C@H](c3ccc4c(c3)OCO4)[C@H]2C1=O. The van der Waals surface area contributed by atoms with E-state index in [1.54, 1.807) is 19.1 Å². The second kappa shape index (κ2) is 8.99. The number of non-ortho nitro benzene ring substituents is 1. The second-order valence-electron chi connectivity index (χ2n) is 11.1. The number of imide groups is 1. The number of nitro benzene ring substituents is 1. The maximum atomic E-state index is 14.3. The summed E-state index contributed by atoms with van der Waals surface area (Å²) in [5.41, 5.74) is 2.39. The lowest BCUT2D eigenvalue weighted by molar-refractivity contribution is -0.384. The molecule has 3 heterocycles. The number of hydrogen-bond acceptors (Lipinski definition) is 8. The number of nitro groups is 1. The first-order valence-electron chi connectivity index (χ1n) is 13.8. The summed E-state index contributed by atoms with van der Waals surface area (Å²) in [6, 6.07) is 20.8. The quantitative estimate of drug-likeness (QED) is 0.106. The molecule has 0 unspecified atom stereocenters. The van der Waals surface area contributed by atoms with Gasteiger partial charge in [-0.1, -0.05) is 54.6 Å². The molecule has 1 saturated heterocycles. The van der Waals surface area contributed by atoms with Crippen molar-refractivity contribution in [2.45, 2.75) is 12.8 Å². The molecule has 10 nitrogen and oxygen atoms in total. The van der Waals surface area contributed by atoms with Gasteiger partial charge in [0.1, 0.15) is 5.75 Å². The third-order valence-electron chi connectivity index (χ3n) is 8.91. The van der Waals surface area contributed by atoms with Crippen molar-refractivity contribution in [2.75, 3.05) is 11.7 Å². The Balaban J connectivity index is 1.34. The number of benzene rings is 4. The van der Waals surface area contributed by atoms with E-state index in [-0.39, 0.29) is 18.2 Å². The number of ether oxygens (including phenoxy) is 3. The maximum Gasteiger partial charge on any atom is 0.319 e. The van der Waals surface area contributed by atoms with E-state index in [1.807, 2.05) is 48.5 Å². The molecule has 10 heteroatoms. The molecule has 3 aliphatic heterocycles. The average molecular weight is 575 g/mol. The predicted molar refractivity (Wildman–Crippen MR) is 154 cm³/mol. The topological polar surface area (TPSA) is 125 Å². The number of nitrogens with zero attached hydrogens (tertiary/aromatic N) is 2. The zero-order valence-corrected chi connectivity index (χ0v) is 22.7. The standard InChI is InChI=1S/C33H22N2O8/c1-16-6-9-19(35(39)40)13-24(16)34-31(36)27-22(18-8-11-25-26(12-18)42-15-41-25)14-23-21-10-7-17-4-2-3-5-20(17)30(21)43-33(38)28(23)29(27)32(34)37/h2-14,22,27-29H,15H2,1H3/t22-,27-,28-,29+/m1/s1. The molecule has 4 aromatic rings. The van der Waals surface area contributed by atoms with Crippen molar-refractivity contribution in [3.05, 3.63) is 106 Å². The molecule has 0 saturated carbocycles. The largest absolute Gasteiger partial charge is 0.454 e. The van der Waals surface area contributed by atoms with E-state index < -0.39 is 46.4 Å². The van der Waals surface area contributed by atoms with Gasteiger partial charge in [0.25, 0.3) is 5.69 Å². The van der Waals surface area contributed by atoms with E-state index in [2.05, 4.69) is 0 Å². The first-order valence-corrected chi connectivity index (χ1v) is 13.8. The molecule has 4 aliphatic rings. The van der Waals surface area contributed by atoms with Gasteiger partial charge < -0.3 is 14.2 Å². The van der Waals surface area contributed by atoms with Crippen LogP contribution in [0, 0.1) is 34.8 Å². The van der Waals surface area contributed by atoms with Crippen molar-refractivity contribution in [3.8, 4) is 17.2 Å². The fourth-order valence-electron chi connectivity index (χ4n) is 6.92. The van der Waals surface area contributed by atoms with Crippen LogP contribution in [0.25, 0.3) is 16.3 Å². The third kappa shape index (κ3) is 3.56. The van der Waals surface area contributed by atoms with E-state index in [1.165, 1.54) is 18.2 Å². The molecule has 2 amide bonds. The van der Waals surface area contributed by atoms with Gasteiger partial charge in [0.05, 0.1) is 28.4 Å². The van der Waals surface area contributed by atoms with Gasteiger partial charge in [-0.2, -0.15) is 0 Å². The molecular weight excluding hydrogens is 552 g/mol. The molecule has 212 valence electrons. The lowest BCUT2D eigenvalue weighted by Crippen LogP contribution is -2.42. The number of allylic oxidation sites excluding steroid dienone is 1. The van der Waals surface area contributed by atoms with Crippen LogP contribution in [0.15, 0.2) is 78.9 Å². The van der Waals surface area contributed by atoms with Crippen molar-refractivity contribution in [3.63, 3.8) is 0 Å². The zero-order valence-electron chi connectivity index (χ0n) is 22.7.